The third-order valence-corrected chi connectivity index (χ3v) is 6.63. The van der Waals surface area contributed by atoms with Crippen LogP contribution in [0.25, 0.3) is 5.69 Å². The van der Waals surface area contributed by atoms with Gasteiger partial charge in [0.1, 0.15) is 11.5 Å². The van der Waals surface area contributed by atoms with Crippen LogP contribution in [-0.2, 0) is 0 Å². The molecule has 2 aromatic carbocycles. The third-order valence-electron chi connectivity index (χ3n) is 6.33. The Kier molecular flexibility index (Phi) is 7.03. The highest BCUT2D eigenvalue weighted by molar-refractivity contribution is 6.32. The van der Waals surface area contributed by atoms with E-state index in [1.54, 1.807) is 24.3 Å². The first-order valence-electron chi connectivity index (χ1n) is 11.4. The van der Waals surface area contributed by atoms with Crippen LogP contribution in [0.5, 0.6) is 17.4 Å². The first kappa shape index (κ1) is 23.3. The fourth-order valence-electron chi connectivity index (χ4n) is 4.30. The highest BCUT2D eigenvalue weighted by atomic mass is 35.5. The highest BCUT2D eigenvalue weighted by Gasteiger charge is 2.27. The Hall–Kier alpha value is -2.86. The van der Waals surface area contributed by atoms with Crippen molar-refractivity contribution in [2.75, 3.05) is 13.2 Å². The Bertz CT molecular complexity index is 1140. The molecule has 0 atom stereocenters. The van der Waals surface area contributed by atoms with E-state index in [2.05, 4.69) is 26.0 Å². The van der Waals surface area contributed by atoms with Crippen molar-refractivity contribution >= 4 is 11.6 Å². The lowest BCUT2D eigenvalue weighted by atomic mass is 9.71. The van der Waals surface area contributed by atoms with Crippen LogP contribution in [-0.4, -0.2) is 22.9 Å². The van der Waals surface area contributed by atoms with Gasteiger partial charge in [0.15, 0.2) is 6.26 Å². The normalized spacial score (nSPS) is 16.0. The average molecular weight is 472 g/mol. The largest absolute Gasteiger partial charge is 0.493 e. The summed E-state index contributed by atoms with van der Waals surface area (Å²) in [5, 5.41) is 10.4. The summed E-state index contributed by atoms with van der Waals surface area (Å²) in [7, 11) is 0. The molecule has 6 nitrogen and oxygen atoms in total. The summed E-state index contributed by atoms with van der Waals surface area (Å²) >= 11 is 6.49. The molecule has 0 amide bonds. The number of ether oxygens (including phenoxy) is 2. The number of rotatable bonds is 8. The van der Waals surface area contributed by atoms with Crippen molar-refractivity contribution < 1.29 is 19.0 Å². The number of nitrogens with zero attached hydrogens (tertiary/aromatic N) is 1. The van der Waals surface area contributed by atoms with Crippen molar-refractivity contribution in [2.24, 2.45) is 5.41 Å². The van der Waals surface area contributed by atoms with Gasteiger partial charge in [-0.05, 0) is 66.8 Å². The Labute approximate surface area is 198 Å². The van der Waals surface area contributed by atoms with Gasteiger partial charge in [-0.25, -0.2) is 9.36 Å². The van der Waals surface area contributed by atoms with E-state index in [0.717, 1.165) is 10.8 Å². The summed E-state index contributed by atoms with van der Waals surface area (Å²) in [5.74, 6) is 0.925. The summed E-state index contributed by atoms with van der Waals surface area (Å²) in [6.45, 7) is 5.60. The molecule has 1 aromatic heterocycles. The third kappa shape index (κ3) is 5.74. The molecule has 0 bridgehead atoms. The van der Waals surface area contributed by atoms with E-state index in [4.69, 9.17) is 25.5 Å². The van der Waals surface area contributed by atoms with E-state index in [9.17, 15) is 9.90 Å². The fourth-order valence-corrected chi connectivity index (χ4v) is 4.55. The molecule has 176 valence electrons. The lowest BCUT2D eigenvalue weighted by Crippen LogP contribution is -2.20. The van der Waals surface area contributed by atoms with Crippen LogP contribution in [0.15, 0.2) is 57.9 Å². The quantitative estimate of drug-likeness (QED) is 0.389. The minimum atomic E-state index is -0.659. The molecule has 0 aliphatic heterocycles. The molecule has 0 radical (unpaired) electrons. The maximum atomic E-state index is 11.7. The molecule has 1 heterocycles. The van der Waals surface area contributed by atoms with Crippen LogP contribution in [0.2, 0.25) is 5.02 Å². The average Bonchev–Trinajstić information content (AvgIpc) is 3.12. The van der Waals surface area contributed by atoms with Crippen molar-refractivity contribution in [1.82, 2.24) is 4.57 Å². The zero-order valence-corrected chi connectivity index (χ0v) is 19.8. The maximum absolute atomic E-state index is 11.7. The number of benzene rings is 2. The highest BCUT2D eigenvalue weighted by Crippen LogP contribution is 2.43. The first-order valence-corrected chi connectivity index (χ1v) is 11.8. The molecule has 3 aromatic rings. The monoisotopic (exact) mass is 471 g/mol. The summed E-state index contributed by atoms with van der Waals surface area (Å²) in [5.41, 5.74) is 2.22. The van der Waals surface area contributed by atoms with Crippen LogP contribution in [0, 0.1) is 5.41 Å². The number of halogens is 1. The van der Waals surface area contributed by atoms with Crippen LogP contribution in [0.4, 0.5) is 0 Å². The minimum absolute atomic E-state index is 0.263. The Balaban J connectivity index is 1.25. The zero-order chi connectivity index (χ0) is 23.4. The standard InChI is InChI=1S/C26H30ClNO5/c1-26(2)11-9-18(10-12-26)19-7-8-23(22(27)15-19)32-14-4-13-31-21-6-3-5-20(16-21)28-24(29)17-33-25(28)30/h3,5-8,15-18,29H,4,9-14H2,1-2H3. The number of aromatic hydroxyl groups is 1. The van der Waals surface area contributed by atoms with E-state index in [1.807, 2.05) is 6.07 Å². The van der Waals surface area contributed by atoms with Crippen molar-refractivity contribution in [1.29, 1.82) is 0 Å². The Morgan fingerprint density at radius 1 is 1.12 bits per heavy atom. The van der Waals surface area contributed by atoms with Gasteiger partial charge in [-0.2, -0.15) is 0 Å². The summed E-state index contributed by atoms with van der Waals surface area (Å²) in [4.78, 5) is 11.7. The van der Waals surface area contributed by atoms with Crippen LogP contribution in [0.3, 0.4) is 0 Å². The van der Waals surface area contributed by atoms with Gasteiger partial charge >= 0.3 is 5.76 Å². The predicted octanol–water partition coefficient (Wildman–Crippen LogP) is 6.32. The van der Waals surface area contributed by atoms with Gasteiger partial charge < -0.3 is 19.0 Å². The molecule has 1 fully saturated rings. The molecule has 0 spiro atoms. The zero-order valence-electron chi connectivity index (χ0n) is 19.1. The van der Waals surface area contributed by atoms with E-state index in [0.29, 0.717) is 53.2 Å². The Morgan fingerprint density at radius 2 is 1.88 bits per heavy atom. The molecule has 1 N–H and O–H groups in total. The molecule has 7 heteroatoms. The lowest BCUT2D eigenvalue weighted by molar-refractivity contribution is 0.224. The van der Waals surface area contributed by atoms with E-state index < -0.39 is 5.76 Å². The van der Waals surface area contributed by atoms with E-state index in [1.165, 1.54) is 31.2 Å². The van der Waals surface area contributed by atoms with Crippen molar-refractivity contribution in [3.63, 3.8) is 0 Å². The predicted molar refractivity (Wildman–Crippen MR) is 128 cm³/mol. The minimum Gasteiger partial charge on any atom is -0.493 e. The fraction of sp³-hybridized carbons (Fsp3) is 0.423. The number of hydrogen-bond acceptors (Lipinski definition) is 5. The van der Waals surface area contributed by atoms with Gasteiger partial charge in [-0.15, -0.1) is 0 Å². The van der Waals surface area contributed by atoms with Crippen molar-refractivity contribution in [2.45, 2.75) is 51.9 Å². The van der Waals surface area contributed by atoms with E-state index in [-0.39, 0.29) is 5.88 Å². The Morgan fingerprint density at radius 3 is 2.58 bits per heavy atom. The van der Waals surface area contributed by atoms with Gasteiger partial charge in [0.25, 0.3) is 0 Å². The second kappa shape index (κ2) is 9.96. The van der Waals surface area contributed by atoms with Gasteiger partial charge in [-0.1, -0.05) is 37.6 Å². The number of aromatic nitrogens is 1. The van der Waals surface area contributed by atoms with Crippen LogP contribution in [0.1, 0.15) is 57.4 Å². The smallest absolute Gasteiger partial charge is 0.426 e. The SMILES string of the molecule is CC1(C)CCC(c2ccc(OCCCOc3cccc(-n4c(O)coc4=O)c3)c(Cl)c2)CC1. The summed E-state index contributed by atoms with van der Waals surface area (Å²) < 4.78 is 17.4. The maximum Gasteiger partial charge on any atom is 0.426 e. The lowest BCUT2D eigenvalue weighted by Gasteiger charge is -2.34. The van der Waals surface area contributed by atoms with Gasteiger partial charge in [0, 0.05) is 12.5 Å². The second-order valence-corrected chi connectivity index (χ2v) is 9.78. The number of hydrogen-bond donors (Lipinski definition) is 1. The molecular formula is C26H30ClNO5. The molecular weight excluding hydrogens is 442 g/mol. The van der Waals surface area contributed by atoms with Gasteiger partial charge in [0.2, 0.25) is 5.88 Å². The second-order valence-electron chi connectivity index (χ2n) is 9.37. The van der Waals surface area contributed by atoms with Gasteiger partial charge in [-0.3, -0.25) is 0 Å². The van der Waals surface area contributed by atoms with Gasteiger partial charge in [0.05, 0.1) is 23.9 Å². The molecule has 4 rings (SSSR count). The molecule has 1 saturated carbocycles. The molecule has 1 aliphatic carbocycles. The van der Waals surface area contributed by atoms with Crippen molar-refractivity contribution in [3.8, 4) is 23.1 Å². The molecule has 0 saturated heterocycles. The molecule has 33 heavy (non-hydrogen) atoms. The topological polar surface area (TPSA) is 73.8 Å². The molecule has 0 unspecified atom stereocenters. The summed E-state index contributed by atoms with van der Waals surface area (Å²) in [6, 6.07) is 13.0. The first-order chi connectivity index (χ1) is 15.8. The van der Waals surface area contributed by atoms with Crippen LogP contribution < -0.4 is 15.2 Å². The van der Waals surface area contributed by atoms with Crippen LogP contribution >= 0.6 is 11.6 Å². The number of oxazole rings is 1. The van der Waals surface area contributed by atoms with Crippen molar-refractivity contribution in [3.05, 3.63) is 69.9 Å². The molecule has 1 aliphatic rings. The van der Waals surface area contributed by atoms with E-state index >= 15 is 0 Å². The summed E-state index contributed by atoms with van der Waals surface area (Å²) in [6.07, 6.45) is 6.57.